The van der Waals surface area contributed by atoms with Gasteiger partial charge in [0, 0.05) is 12.6 Å². The molecule has 3 N–H and O–H groups in total. The Bertz CT molecular complexity index is 497. The van der Waals surface area contributed by atoms with Gasteiger partial charge in [-0.15, -0.1) is 0 Å². The molecule has 0 amide bonds. The number of aromatic amines is 1. The summed E-state index contributed by atoms with van der Waals surface area (Å²) >= 11 is 0. The molecule has 0 bridgehead atoms. The van der Waals surface area contributed by atoms with Crippen LogP contribution in [0.2, 0.25) is 0 Å². The third-order valence-corrected chi connectivity index (χ3v) is 3.52. The Kier molecular flexibility index (Phi) is 2.82. The average molecular weight is 230 g/mol. The summed E-state index contributed by atoms with van der Waals surface area (Å²) in [6, 6.07) is 6.84. The highest BCUT2D eigenvalue weighted by Crippen LogP contribution is 2.16. The minimum atomic E-state index is 0.404. The summed E-state index contributed by atoms with van der Waals surface area (Å²) in [5.41, 5.74) is 9.41. The minimum absolute atomic E-state index is 0.404. The average Bonchev–Trinajstić information content (AvgIpc) is 2.79. The Morgan fingerprint density at radius 2 is 2.18 bits per heavy atom. The number of hydrogen-bond donors (Lipinski definition) is 2. The van der Waals surface area contributed by atoms with E-state index in [4.69, 9.17) is 5.73 Å². The van der Waals surface area contributed by atoms with Crippen molar-refractivity contribution in [3.05, 3.63) is 30.1 Å². The van der Waals surface area contributed by atoms with Gasteiger partial charge in [0.25, 0.3) is 0 Å². The molecule has 0 aliphatic carbocycles. The number of rotatable bonds is 2. The van der Waals surface area contributed by atoms with Gasteiger partial charge in [0.05, 0.1) is 17.4 Å². The van der Waals surface area contributed by atoms with E-state index in [0.29, 0.717) is 6.04 Å². The molecule has 3 rings (SSSR count). The fourth-order valence-corrected chi connectivity index (χ4v) is 2.45. The van der Waals surface area contributed by atoms with Gasteiger partial charge in [0.1, 0.15) is 0 Å². The number of nitrogens with two attached hydrogens (primary N) is 1. The molecular weight excluding hydrogens is 212 g/mol. The maximum atomic E-state index is 5.91. The molecule has 4 nitrogen and oxygen atoms in total. The van der Waals surface area contributed by atoms with E-state index in [0.717, 1.165) is 43.5 Å². The first kappa shape index (κ1) is 10.7. The van der Waals surface area contributed by atoms with Crippen molar-refractivity contribution in [2.24, 2.45) is 5.73 Å². The van der Waals surface area contributed by atoms with Gasteiger partial charge in [-0.2, -0.15) is 0 Å². The molecule has 0 radical (unpaired) electrons. The van der Waals surface area contributed by atoms with E-state index in [1.807, 2.05) is 0 Å². The number of aromatic nitrogens is 2. The Labute approximate surface area is 101 Å². The zero-order valence-electron chi connectivity index (χ0n) is 9.89. The Balaban J connectivity index is 1.71. The molecule has 1 aromatic heterocycles. The van der Waals surface area contributed by atoms with E-state index in [1.54, 1.807) is 6.33 Å². The molecule has 4 heteroatoms. The Morgan fingerprint density at radius 1 is 1.35 bits per heavy atom. The normalized spacial score (nSPS) is 18.9. The molecule has 90 valence electrons. The molecular formula is C13H18N4. The first-order valence-corrected chi connectivity index (χ1v) is 6.21. The van der Waals surface area contributed by atoms with Gasteiger partial charge in [0.15, 0.2) is 0 Å². The zero-order chi connectivity index (χ0) is 11.7. The van der Waals surface area contributed by atoms with Crippen LogP contribution in [-0.4, -0.2) is 34.0 Å². The molecule has 0 spiro atoms. The Hall–Kier alpha value is -1.39. The van der Waals surface area contributed by atoms with Gasteiger partial charge >= 0.3 is 0 Å². The van der Waals surface area contributed by atoms with Crippen LogP contribution in [0.15, 0.2) is 24.5 Å². The van der Waals surface area contributed by atoms with Crippen LogP contribution in [0.25, 0.3) is 11.0 Å². The van der Waals surface area contributed by atoms with Crippen molar-refractivity contribution in [3.8, 4) is 0 Å². The summed E-state index contributed by atoms with van der Waals surface area (Å²) in [5, 5.41) is 0. The predicted molar refractivity (Wildman–Crippen MR) is 68.6 cm³/mol. The minimum Gasteiger partial charge on any atom is -0.345 e. The Morgan fingerprint density at radius 3 is 3.00 bits per heavy atom. The lowest BCUT2D eigenvalue weighted by molar-refractivity contribution is 0.206. The molecule has 1 aliphatic heterocycles. The number of nitrogens with one attached hydrogen (secondary N) is 1. The van der Waals surface area contributed by atoms with Crippen molar-refractivity contribution in [2.45, 2.75) is 25.4 Å². The largest absolute Gasteiger partial charge is 0.345 e. The van der Waals surface area contributed by atoms with Gasteiger partial charge in [-0.3, -0.25) is 4.90 Å². The third-order valence-electron chi connectivity index (χ3n) is 3.52. The van der Waals surface area contributed by atoms with Crippen molar-refractivity contribution in [1.82, 2.24) is 14.9 Å². The first-order valence-electron chi connectivity index (χ1n) is 6.21. The first-order chi connectivity index (χ1) is 8.31. The molecule has 1 fully saturated rings. The molecule has 1 saturated heterocycles. The van der Waals surface area contributed by atoms with E-state index in [-0.39, 0.29) is 0 Å². The number of piperidine rings is 1. The SMILES string of the molecule is NC1CCN(Cc2ccc3nc[nH]c3c2)CC1. The summed E-state index contributed by atoms with van der Waals surface area (Å²) < 4.78 is 0. The maximum Gasteiger partial charge on any atom is 0.0931 e. The molecule has 17 heavy (non-hydrogen) atoms. The van der Waals surface area contributed by atoms with Crippen molar-refractivity contribution < 1.29 is 0 Å². The van der Waals surface area contributed by atoms with Crippen LogP contribution in [0.3, 0.4) is 0 Å². The van der Waals surface area contributed by atoms with Crippen molar-refractivity contribution in [1.29, 1.82) is 0 Å². The maximum absolute atomic E-state index is 5.91. The van der Waals surface area contributed by atoms with Gasteiger partial charge in [-0.25, -0.2) is 4.98 Å². The van der Waals surface area contributed by atoms with Crippen LogP contribution in [0.1, 0.15) is 18.4 Å². The number of H-pyrrole nitrogens is 1. The lowest BCUT2D eigenvalue weighted by Crippen LogP contribution is -2.39. The van der Waals surface area contributed by atoms with E-state index in [2.05, 4.69) is 33.1 Å². The quantitative estimate of drug-likeness (QED) is 0.821. The van der Waals surface area contributed by atoms with Crippen LogP contribution in [-0.2, 0) is 6.54 Å². The topological polar surface area (TPSA) is 57.9 Å². The molecule has 1 aliphatic rings. The van der Waals surface area contributed by atoms with Crippen LogP contribution < -0.4 is 5.73 Å². The summed E-state index contributed by atoms with van der Waals surface area (Å²) in [4.78, 5) is 9.86. The van der Waals surface area contributed by atoms with Gasteiger partial charge < -0.3 is 10.7 Å². The molecule has 0 atom stereocenters. The van der Waals surface area contributed by atoms with E-state index >= 15 is 0 Å². The zero-order valence-corrected chi connectivity index (χ0v) is 9.89. The second-order valence-corrected chi connectivity index (χ2v) is 4.87. The molecule has 0 saturated carbocycles. The van der Waals surface area contributed by atoms with Gasteiger partial charge in [0.2, 0.25) is 0 Å². The van der Waals surface area contributed by atoms with Gasteiger partial charge in [-0.05, 0) is 43.6 Å². The summed E-state index contributed by atoms with van der Waals surface area (Å²) in [7, 11) is 0. The molecule has 2 heterocycles. The predicted octanol–water partition coefficient (Wildman–Crippen LogP) is 1.49. The fraction of sp³-hybridized carbons (Fsp3) is 0.462. The summed E-state index contributed by atoms with van der Waals surface area (Å²) in [5.74, 6) is 0. The smallest absolute Gasteiger partial charge is 0.0931 e. The number of likely N-dealkylation sites (tertiary alicyclic amines) is 1. The summed E-state index contributed by atoms with van der Waals surface area (Å²) in [6.07, 6.45) is 3.98. The van der Waals surface area contributed by atoms with Gasteiger partial charge in [-0.1, -0.05) is 6.07 Å². The second-order valence-electron chi connectivity index (χ2n) is 4.87. The number of nitrogens with zero attached hydrogens (tertiary/aromatic N) is 2. The molecule has 1 aromatic carbocycles. The van der Waals surface area contributed by atoms with Crippen molar-refractivity contribution >= 4 is 11.0 Å². The number of fused-ring (bicyclic) bond motifs is 1. The van der Waals surface area contributed by atoms with Crippen LogP contribution in [0, 0.1) is 0 Å². The number of hydrogen-bond acceptors (Lipinski definition) is 3. The van der Waals surface area contributed by atoms with Crippen LogP contribution in [0.5, 0.6) is 0 Å². The van der Waals surface area contributed by atoms with E-state index in [9.17, 15) is 0 Å². The summed E-state index contributed by atoms with van der Waals surface area (Å²) in [6.45, 7) is 3.24. The van der Waals surface area contributed by atoms with Crippen LogP contribution >= 0.6 is 0 Å². The highest BCUT2D eigenvalue weighted by molar-refractivity contribution is 5.74. The number of imidazole rings is 1. The lowest BCUT2D eigenvalue weighted by atomic mass is 10.1. The van der Waals surface area contributed by atoms with E-state index < -0.39 is 0 Å². The highest BCUT2D eigenvalue weighted by atomic mass is 15.1. The molecule has 2 aromatic rings. The second kappa shape index (κ2) is 4.47. The number of benzene rings is 1. The van der Waals surface area contributed by atoms with Crippen LogP contribution in [0.4, 0.5) is 0 Å². The van der Waals surface area contributed by atoms with Crippen molar-refractivity contribution in [3.63, 3.8) is 0 Å². The monoisotopic (exact) mass is 230 g/mol. The standard InChI is InChI=1S/C13H18N4/c14-11-3-5-17(6-4-11)8-10-1-2-12-13(7-10)16-9-15-12/h1-2,7,9,11H,3-6,8,14H2,(H,15,16). The molecule has 0 unspecified atom stereocenters. The fourth-order valence-electron chi connectivity index (χ4n) is 2.45. The highest BCUT2D eigenvalue weighted by Gasteiger charge is 2.15. The third kappa shape index (κ3) is 2.33. The van der Waals surface area contributed by atoms with Crippen molar-refractivity contribution in [2.75, 3.05) is 13.1 Å². The lowest BCUT2D eigenvalue weighted by Gasteiger charge is -2.30. The van der Waals surface area contributed by atoms with E-state index in [1.165, 1.54) is 5.56 Å².